The monoisotopic (exact) mass is 334 g/mol. The number of alkyl halides is 3. The zero-order valence-corrected chi connectivity index (χ0v) is 14.0. The number of ether oxygens (including phenoxy) is 1. The van der Waals surface area contributed by atoms with E-state index in [4.69, 9.17) is 0 Å². The van der Waals surface area contributed by atoms with Gasteiger partial charge in [0.25, 0.3) is 5.60 Å². The SMILES string of the molecule is C=C/C=C\C=C(/C)C(C)(CC)CC(O)(C(=O)OCC)C(F)(F)F. The molecule has 0 aliphatic carbocycles. The molecule has 2 unspecified atom stereocenters. The van der Waals surface area contributed by atoms with Gasteiger partial charge in [-0.3, -0.25) is 0 Å². The maximum atomic E-state index is 13.3. The maximum Gasteiger partial charge on any atom is 0.428 e. The Hall–Kier alpha value is -1.56. The van der Waals surface area contributed by atoms with E-state index in [1.165, 1.54) is 13.0 Å². The van der Waals surface area contributed by atoms with Crippen molar-refractivity contribution >= 4 is 5.97 Å². The van der Waals surface area contributed by atoms with Crippen molar-refractivity contribution in [2.75, 3.05) is 6.61 Å². The third-order valence-electron chi connectivity index (χ3n) is 4.05. The predicted molar refractivity (Wildman–Crippen MR) is 83.7 cm³/mol. The van der Waals surface area contributed by atoms with Crippen LogP contribution in [0.5, 0.6) is 0 Å². The minimum absolute atomic E-state index is 0.239. The van der Waals surface area contributed by atoms with Gasteiger partial charge in [0.15, 0.2) is 0 Å². The summed E-state index contributed by atoms with van der Waals surface area (Å²) in [4.78, 5) is 11.7. The van der Waals surface area contributed by atoms with Crippen LogP contribution in [0, 0.1) is 5.41 Å². The molecule has 0 saturated carbocycles. The van der Waals surface area contributed by atoms with Gasteiger partial charge in [-0.2, -0.15) is 13.2 Å². The molecule has 0 saturated heterocycles. The van der Waals surface area contributed by atoms with Crippen LogP contribution in [0.4, 0.5) is 13.2 Å². The van der Waals surface area contributed by atoms with Crippen molar-refractivity contribution < 1.29 is 27.8 Å². The number of hydrogen-bond acceptors (Lipinski definition) is 3. The Morgan fingerprint density at radius 3 is 2.22 bits per heavy atom. The molecule has 0 rings (SSSR count). The van der Waals surface area contributed by atoms with Gasteiger partial charge in [-0.1, -0.05) is 50.3 Å². The lowest BCUT2D eigenvalue weighted by Gasteiger charge is -2.38. The van der Waals surface area contributed by atoms with Crippen molar-refractivity contribution in [2.45, 2.75) is 52.3 Å². The van der Waals surface area contributed by atoms with E-state index in [0.29, 0.717) is 12.0 Å². The number of carbonyl (C=O) groups is 1. The molecule has 0 fully saturated rings. The highest BCUT2D eigenvalue weighted by molar-refractivity contribution is 5.80. The second-order valence-corrected chi connectivity index (χ2v) is 5.64. The van der Waals surface area contributed by atoms with Gasteiger partial charge >= 0.3 is 12.1 Å². The van der Waals surface area contributed by atoms with Crippen LogP contribution in [0.2, 0.25) is 0 Å². The first-order valence-corrected chi connectivity index (χ1v) is 7.41. The Kier molecular flexibility index (Phi) is 7.77. The van der Waals surface area contributed by atoms with Crippen molar-refractivity contribution in [3.63, 3.8) is 0 Å². The maximum absolute atomic E-state index is 13.3. The molecule has 0 heterocycles. The second-order valence-electron chi connectivity index (χ2n) is 5.64. The molecular weight excluding hydrogens is 309 g/mol. The average Bonchev–Trinajstić information content (AvgIpc) is 2.46. The Morgan fingerprint density at radius 2 is 1.83 bits per heavy atom. The highest BCUT2D eigenvalue weighted by atomic mass is 19.4. The Morgan fingerprint density at radius 1 is 1.26 bits per heavy atom. The molecule has 0 radical (unpaired) electrons. The minimum Gasteiger partial charge on any atom is -0.464 e. The fraction of sp³-hybridized carbons (Fsp3) is 0.588. The summed E-state index contributed by atoms with van der Waals surface area (Å²) in [5.74, 6) is -1.67. The molecule has 0 spiro atoms. The number of rotatable bonds is 8. The van der Waals surface area contributed by atoms with Crippen LogP contribution in [0.1, 0.15) is 40.5 Å². The van der Waals surface area contributed by atoms with Crippen LogP contribution < -0.4 is 0 Å². The molecule has 23 heavy (non-hydrogen) atoms. The molecule has 6 heteroatoms. The Labute approximate surface area is 135 Å². The van der Waals surface area contributed by atoms with Crippen molar-refractivity contribution in [3.05, 3.63) is 36.5 Å². The third-order valence-corrected chi connectivity index (χ3v) is 4.05. The Bertz CT molecular complexity index is 480. The normalized spacial score (nSPS) is 18.3. The summed E-state index contributed by atoms with van der Waals surface area (Å²) >= 11 is 0. The standard InChI is InChI=1S/C17H25F3O3/c1-6-9-10-11-13(4)15(5,7-2)12-16(22,17(18,19)20)14(21)23-8-3/h6,9-11,22H,1,7-8,12H2,2-5H3/b10-9-,13-11+. The summed E-state index contributed by atoms with van der Waals surface area (Å²) in [6.45, 7) is 9.61. The van der Waals surface area contributed by atoms with Crippen LogP contribution in [0.15, 0.2) is 36.5 Å². The quantitative estimate of drug-likeness (QED) is 0.531. The first-order valence-electron chi connectivity index (χ1n) is 7.41. The number of hydrogen-bond donors (Lipinski definition) is 1. The molecule has 0 aromatic rings. The van der Waals surface area contributed by atoms with Crippen molar-refractivity contribution in [3.8, 4) is 0 Å². The molecule has 0 bridgehead atoms. The Balaban J connectivity index is 5.76. The van der Waals surface area contributed by atoms with Gasteiger partial charge in [-0.15, -0.1) is 0 Å². The van der Waals surface area contributed by atoms with E-state index < -0.39 is 29.6 Å². The van der Waals surface area contributed by atoms with Gasteiger partial charge in [0.1, 0.15) is 0 Å². The van der Waals surface area contributed by atoms with Gasteiger partial charge in [0.2, 0.25) is 0 Å². The van der Waals surface area contributed by atoms with E-state index in [0.717, 1.165) is 0 Å². The lowest BCUT2D eigenvalue weighted by Crippen LogP contribution is -2.55. The van der Waals surface area contributed by atoms with Gasteiger partial charge in [-0.05, 0) is 25.7 Å². The molecule has 0 aliphatic rings. The summed E-state index contributed by atoms with van der Waals surface area (Å²) in [6.07, 6.45) is 0.865. The summed E-state index contributed by atoms with van der Waals surface area (Å²) in [7, 11) is 0. The third kappa shape index (κ3) is 5.23. The molecule has 2 atom stereocenters. The van der Waals surface area contributed by atoms with Gasteiger partial charge in [0.05, 0.1) is 6.61 Å². The smallest absolute Gasteiger partial charge is 0.428 e. The van der Waals surface area contributed by atoms with Crippen molar-refractivity contribution in [1.82, 2.24) is 0 Å². The minimum atomic E-state index is -5.12. The fourth-order valence-electron chi connectivity index (χ4n) is 2.13. The molecule has 0 amide bonds. The van der Waals surface area contributed by atoms with Crippen LogP contribution in [-0.4, -0.2) is 29.5 Å². The number of aliphatic hydroxyl groups is 1. The van der Waals surface area contributed by atoms with E-state index in [-0.39, 0.29) is 6.61 Å². The number of halogens is 3. The summed E-state index contributed by atoms with van der Waals surface area (Å²) < 4.78 is 44.4. The first kappa shape index (κ1) is 21.4. The lowest BCUT2D eigenvalue weighted by molar-refractivity contribution is -0.269. The molecule has 0 aromatic carbocycles. The van der Waals surface area contributed by atoms with Gasteiger partial charge < -0.3 is 9.84 Å². The van der Waals surface area contributed by atoms with E-state index >= 15 is 0 Å². The largest absolute Gasteiger partial charge is 0.464 e. The average molecular weight is 334 g/mol. The number of carbonyl (C=O) groups excluding carboxylic acids is 1. The van der Waals surface area contributed by atoms with Crippen LogP contribution in [-0.2, 0) is 9.53 Å². The highest BCUT2D eigenvalue weighted by Crippen LogP contribution is 2.45. The summed E-state index contributed by atoms with van der Waals surface area (Å²) in [5, 5.41) is 10.1. The number of allylic oxidation sites excluding steroid dienone is 5. The topological polar surface area (TPSA) is 46.5 Å². The van der Waals surface area contributed by atoms with Crippen LogP contribution in [0.25, 0.3) is 0 Å². The predicted octanol–water partition coefficient (Wildman–Crippen LogP) is 4.34. The molecule has 132 valence electrons. The van der Waals surface area contributed by atoms with E-state index in [1.54, 1.807) is 39.0 Å². The van der Waals surface area contributed by atoms with Crippen molar-refractivity contribution in [1.29, 1.82) is 0 Å². The van der Waals surface area contributed by atoms with E-state index in [9.17, 15) is 23.1 Å². The molecule has 3 nitrogen and oxygen atoms in total. The molecular formula is C17H25F3O3. The molecule has 1 N–H and O–H groups in total. The summed E-state index contributed by atoms with van der Waals surface area (Å²) in [5.41, 5.74) is -3.95. The van der Waals surface area contributed by atoms with Crippen LogP contribution in [0.3, 0.4) is 0 Å². The lowest BCUT2D eigenvalue weighted by atomic mass is 9.71. The molecule has 0 aliphatic heterocycles. The van der Waals surface area contributed by atoms with Gasteiger partial charge in [0, 0.05) is 6.42 Å². The fourth-order valence-corrected chi connectivity index (χ4v) is 2.13. The zero-order chi connectivity index (χ0) is 18.3. The second kappa shape index (κ2) is 8.34. The van der Waals surface area contributed by atoms with Gasteiger partial charge in [-0.25, -0.2) is 4.79 Å². The van der Waals surface area contributed by atoms with E-state index in [2.05, 4.69) is 11.3 Å². The van der Waals surface area contributed by atoms with Crippen molar-refractivity contribution in [2.24, 2.45) is 5.41 Å². The summed E-state index contributed by atoms with van der Waals surface area (Å²) in [6, 6.07) is 0. The highest BCUT2D eigenvalue weighted by Gasteiger charge is 2.62. The zero-order valence-electron chi connectivity index (χ0n) is 14.0. The van der Waals surface area contributed by atoms with Crippen LogP contribution >= 0.6 is 0 Å². The number of esters is 1. The first-order chi connectivity index (χ1) is 10.5. The molecule has 0 aromatic heterocycles. The van der Waals surface area contributed by atoms with E-state index in [1.807, 2.05) is 0 Å².